The van der Waals surface area contributed by atoms with E-state index in [2.05, 4.69) is 46.5 Å². The maximum absolute atomic E-state index is 12.5. The lowest BCUT2D eigenvalue weighted by Crippen LogP contribution is -2.42. The molecule has 2 aromatic carbocycles. The largest absolute Gasteiger partial charge is 0.492 e. The molecule has 1 saturated heterocycles. The third-order valence-corrected chi connectivity index (χ3v) is 6.16. The van der Waals surface area contributed by atoms with E-state index in [9.17, 15) is 4.79 Å². The first-order chi connectivity index (χ1) is 15.1. The summed E-state index contributed by atoms with van der Waals surface area (Å²) in [6, 6.07) is 15.9. The number of amides is 1. The molecule has 3 aromatic rings. The molecule has 3 N–H and O–H groups in total. The standard InChI is InChI=1S/C25H30N4O2/c1-3-31-23-10-9-17-7-8-18(14-20(17)24(23)26)21-16-29(2)13-11-19(21)15-28-25(30)22-6-4-5-12-27-22/h4-10,12,14,19,21H,3,11,13,15-16,26H2,1-2H3,(H,28,30). The Bertz CT molecular complexity index is 1050. The van der Waals surface area contributed by atoms with Crippen molar-refractivity contribution in [2.75, 3.05) is 39.0 Å². The molecule has 6 nitrogen and oxygen atoms in total. The first kappa shape index (κ1) is 21.1. The minimum Gasteiger partial charge on any atom is -0.492 e. The van der Waals surface area contributed by atoms with Gasteiger partial charge in [-0.2, -0.15) is 0 Å². The molecule has 2 unspecified atom stereocenters. The topological polar surface area (TPSA) is 80.5 Å². The van der Waals surface area contributed by atoms with E-state index in [0.717, 1.165) is 36.0 Å². The van der Waals surface area contributed by atoms with Gasteiger partial charge in [0, 0.05) is 30.6 Å². The second-order valence-corrected chi connectivity index (χ2v) is 8.23. The fourth-order valence-electron chi connectivity index (χ4n) is 4.45. The lowest BCUT2D eigenvalue weighted by atomic mass is 9.80. The van der Waals surface area contributed by atoms with E-state index in [1.165, 1.54) is 5.56 Å². The second kappa shape index (κ2) is 9.35. The molecule has 162 valence electrons. The van der Waals surface area contributed by atoms with Crippen LogP contribution in [0.2, 0.25) is 0 Å². The maximum atomic E-state index is 12.5. The van der Waals surface area contributed by atoms with Crippen LogP contribution in [0.25, 0.3) is 10.8 Å². The van der Waals surface area contributed by atoms with Gasteiger partial charge >= 0.3 is 0 Å². The highest BCUT2D eigenvalue weighted by Crippen LogP contribution is 2.36. The Morgan fingerprint density at radius 2 is 2.10 bits per heavy atom. The summed E-state index contributed by atoms with van der Waals surface area (Å²) in [4.78, 5) is 19.0. The summed E-state index contributed by atoms with van der Waals surface area (Å²) in [5.41, 5.74) is 8.81. The van der Waals surface area contributed by atoms with E-state index >= 15 is 0 Å². The van der Waals surface area contributed by atoms with Gasteiger partial charge in [0.25, 0.3) is 5.91 Å². The summed E-state index contributed by atoms with van der Waals surface area (Å²) < 4.78 is 5.69. The lowest BCUT2D eigenvalue weighted by Gasteiger charge is -2.37. The zero-order chi connectivity index (χ0) is 21.8. The summed E-state index contributed by atoms with van der Waals surface area (Å²) in [6.45, 7) is 5.13. The quantitative estimate of drug-likeness (QED) is 0.597. The summed E-state index contributed by atoms with van der Waals surface area (Å²) >= 11 is 0. The number of anilines is 1. The number of fused-ring (bicyclic) bond motifs is 1. The average Bonchev–Trinajstić information content (AvgIpc) is 2.80. The van der Waals surface area contributed by atoms with Crippen molar-refractivity contribution in [3.05, 3.63) is 66.0 Å². The number of likely N-dealkylation sites (N-methyl/N-ethyl adjacent to an activating group) is 1. The normalized spacial score (nSPS) is 19.3. The van der Waals surface area contributed by atoms with Crippen LogP contribution < -0.4 is 15.8 Å². The molecule has 6 heteroatoms. The van der Waals surface area contributed by atoms with E-state index < -0.39 is 0 Å². The Morgan fingerprint density at radius 1 is 1.26 bits per heavy atom. The number of likely N-dealkylation sites (tertiary alicyclic amines) is 1. The zero-order valence-electron chi connectivity index (χ0n) is 18.2. The third-order valence-electron chi connectivity index (χ3n) is 6.16. The molecule has 0 spiro atoms. The van der Waals surface area contributed by atoms with Crippen LogP contribution in [0.4, 0.5) is 5.69 Å². The van der Waals surface area contributed by atoms with E-state index in [1.807, 2.05) is 25.1 Å². The fourth-order valence-corrected chi connectivity index (χ4v) is 4.45. The molecule has 2 atom stereocenters. The molecular formula is C25H30N4O2. The SMILES string of the molecule is CCOc1ccc2ccc(C3CN(C)CCC3CNC(=O)c3ccccn3)cc2c1N. The Morgan fingerprint density at radius 3 is 2.87 bits per heavy atom. The molecule has 0 saturated carbocycles. The van der Waals surface area contributed by atoms with Crippen molar-refractivity contribution in [2.24, 2.45) is 5.92 Å². The molecule has 1 fully saturated rings. The second-order valence-electron chi connectivity index (χ2n) is 8.23. The van der Waals surface area contributed by atoms with Gasteiger partial charge in [0.05, 0.1) is 12.3 Å². The average molecular weight is 419 g/mol. The minimum absolute atomic E-state index is 0.123. The molecule has 1 aliphatic heterocycles. The number of nitrogens with one attached hydrogen (secondary N) is 1. The number of nitrogens with two attached hydrogens (primary N) is 1. The number of rotatable bonds is 6. The van der Waals surface area contributed by atoms with Gasteiger partial charge in [-0.05, 0) is 68.1 Å². The zero-order valence-corrected chi connectivity index (χ0v) is 18.2. The summed E-state index contributed by atoms with van der Waals surface area (Å²) in [7, 11) is 2.15. The summed E-state index contributed by atoms with van der Waals surface area (Å²) in [5.74, 6) is 1.26. The molecule has 2 heterocycles. The number of benzene rings is 2. The van der Waals surface area contributed by atoms with Crippen molar-refractivity contribution in [1.29, 1.82) is 0 Å². The van der Waals surface area contributed by atoms with Gasteiger partial charge in [-0.1, -0.05) is 24.3 Å². The number of hydrogen-bond donors (Lipinski definition) is 2. The highest BCUT2D eigenvalue weighted by molar-refractivity contribution is 5.96. The number of hydrogen-bond acceptors (Lipinski definition) is 5. The van der Waals surface area contributed by atoms with Gasteiger partial charge in [-0.25, -0.2) is 0 Å². The van der Waals surface area contributed by atoms with Crippen molar-refractivity contribution in [3.63, 3.8) is 0 Å². The lowest BCUT2D eigenvalue weighted by molar-refractivity contribution is 0.0928. The van der Waals surface area contributed by atoms with Crippen LogP contribution in [0.5, 0.6) is 5.75 Å². The molecule has 0 aliphatic carbocycles. The van der Waals surface area contributed by atoms with Crippen LogP contribution in [0.3, 0.4) is 0 Å². The monoisotopic (exact) mass is 418 g/mol. The predicted octanol–water partition coefficient (Wildman–Crippen LogP) is 3.68. The number of piperidine rings is 1. The van der Waals surface area contributed by atoms with Crippen LogP contribution in [0, 0.1) is 5.92 Å². The van der Waals surface area contributed by atoms with Gasteiger partial charge < -0.3 is 20.7 Å². The minimum atomic E-state index is -0.123. The van der Waals surface area contributed by atoms with Crippen molar-refractivity contribution in [1.82, 2.24) is 15.2 Å². The van der Waals surface area contributed by atoms with Crippen LogP contribution >= 0.6 is 0 Å². The summed E-state index contributed by atoms with van der Waals surface area (Å²) in [5, 5.41) is 5.22. The molecule has 1 aliphatic rings. The van der Waals surface area contributed by atoms with E-state index in [-0.39, 0.29) is 5.91 Å². The molecule has 0 bridgehead atoms. The molecule has 1 amide bonds. The van der Waals surface area contributed by atoms with Crippen molar-refractivity contribution in [3.8, 4) is 5.75 Å². The van der Waals surface area contributed by atoms with Crippen LogP contribution in [-0.2, 0) is 0 Å². The molecular weight excluding hydrogens is 388 g/mol. The van der Waals surface area contributed by atoms with Crippen molar-refractivity contribution >= 4 is 22.4 Å². The van der Waals surface area contributed by atoms with Gasteiger partial charge in [-0.3, -0.25) is 9.78 Å². The van der Waals surface area contributed by atoms with Crippen molar-refractivity contribution in [2.45, 2.75) is 19.3 Å². The maximum Gasteiger partial charge on any atom is 0.269 e. The number of carbonyl (C=O) groups is 1. The number of pyridine rings is 1. The third kappa shape index (κ3) is 4.64. The Kier molecular flexibility index (Phi) is 6.37. The number of aromatic nitrogens is 1. The van der Waals surface area contributed by atoms with Gasteiger partial charge in [0.1, 0.15) is 11.4 Å². The number of ether oxygens (including phenoxy) is 1. The highest BCUT2D eigenvalue weighted by Gasteiger charge is 2.29. The highest BCUT2D eigenvalue weighted by atomic mass is 16.5. The number of nitrogen functional groups attached to an aromatic ring is 1. The molecule has 0 radical (unpaired) electrons. The Balaban J connectivity index is 1.58. The molecule has 1 aromatic heterocycles. The smallest absolute Gasteiger partial charge is 0.269 e. The fraction of sp³-hybridized carbons (Fsp3) is 0.360. The van der Waals surface area contributed by atoms with E-state index in [0.29, 0.717) is 36.4 Å². The van der Waals surface area contributed by atoms with Gasteiger partial charge in [0.2, 0.25) is 0 Å². The Hall–Kier alpha value is -3.12. The van der Waals surface area contributed by atoms with E-state index in [1.54, 1.807) is 12.3 Å². The van der Waals surface area contributed by atoms with Gasteiger partial charge in [-0.15, -0.1) is 0 Å². The molecule has 4 rings (SSSR count). The predicted molar refractivity (Wildman–Crippen MR) is 124 cm³/mol. The number of carbonyl (C=O) groups excluding carboxylic acids is 1. The first-order valence-corrected chi connectivity index (χ1v) is 10.9. The van der Waals surface area contributed by atoms with Crippen molar-refractivity contribution < 1.29 is 9.53 Å². The van der Waals surface area contributed by atoms with E-state index in [4.69, 9.17) is 10.5 Å². The van der Waals surface area contributed by atoms with Crippen LogP contribution in [0.1, 0.15) is 35.3 Å². The van der Waals surface area contributed by atoms with Crippen LogP contribution in [-0.4, -0.2) is 49.1 Å². The van der Waals surface area contributed by atoms with Crippen LogP contribution in [0.15, 0.2) is 54.7 Å². The molecule has 31 heavy (non-hydrogen) atoms. The first-order valence-electron chi connectivity index (χ1n) is 10.9. The summed E-state index contributed by atoms with van der Waals surface area (Å²) in [6.07, 6.45) is 2.67. The Labute approximate surface area is 183 Å². The van der Waals surface area contributed by atoms with Gasteiger partial charge in [0.15, 0.2) is 0 Å². The number of nitrogens with zero attached hydrogens (tertiary/aromatic N) is 2.